The number of carboxylic acids is 1. The van der Waals surface area contributed by atoms with Crippen molar-refractivity contribution in [1.82, 2.24) is 4.72 Å². The number of sulfonamides is 1. The number of hydrogen-bond donors (Lipinski definition) is 3. The molecule has 0 amide bonds. The third kappa shape index (κ3) is 4.70. The molecule has 1 aromatic rings. The minimum absolute atomic E-state index is 0.000458. The van der Waals surface area contributed by atoms with Gasteiger partial charge in [0, 0.05) is 17.8 Å². The number of anilines is 1. The Morgan fingerprint density at radius 1 is 1.33 bits per heavy atom. The molecule has 0 heterocycles. The summed E-state index contributed by atoms with van der Waals surface area (Å²) in [6.07, 6.45) is 5.59. The first-order valence-electron chi connectivity index (χ1n) is 8.49. The van der Waals surface area contributed by atoms with Crippen molar-refractivity contribution in [2.45, 2.75) is 69.4 Å². The topological polar surface area (TPSA) is 95.5 Å². The van der Waals surface area contributed by atoms with Gasteiger partial charge in [-0.1, -0.05) is 26.2 Å². The summed E-state index contributed by atoms with van der Waals surface area (Å²) < 4.78 is 27.6. The summed E-state index contributed by atoms with van der Waals surface area (Å²) in [4.78, 5) is 11.5. The van der Waals surface area contributed by atoms with Crippen LogP contribution in [0.3, 0.4) is 0 Å². The van der Waals surface area contributed by atoms with Crippen molar-refractivity contribution in [3.63, 3.8) is 0 Å². The van der Waals surface area contributed by atoms with Crippen LogP contribution in [-0.4, -0.2) is 31.6 Å². The average molecular weight is 354 g/mol. The number of nitrogens with one attached hydrogen (secondary N) is 2. The van der Waals surface area contributed by atoms with E-state index in [1.54, 1.807) is 6.07 Å². The predicted octanol–water partition coefficient (Wildman–Crippen LogP) is 3.21. The Morgan fingerprint density at radius 2 is 2.00 bits per heavy atom. The van der Waals surface area contributed by atoms with E-state index in [0.29, 0.717) is 5.69 Å². The van der Waals surface area contributed by atoms with Gasteiger partial charge in [0.25, 0.3) is 0 Å². The molecule has 3 N–H and O–H groups in total. The highest BCUT2D eigenvalue weighted by Gasteiger charge is 2.24. The summed E-state index contributed by atoms with van der Waals surface area (Å²) in [6, 6.07) is 4.31. The van der Waals surface area contributed by atoms with Gasteiger partial charge < -0.3 is 10.4 Å². The van der Waals surface area contributed by atoms with E-state index in [1.165, 1.54) is 12.1 Å². The molecular weight excluding hydrogens is 328 g/mol. The van der Waals surface area contributed by atoms with Crippen LogP contribution >= 0.6 is 0 Å². The fourth-order valence-electron chi connectivity index (χ4n) is 3.10. The van der Waals surface area contributed by atoms with Crippen molar-refractivity contribution in [1.29, 1.82) is 0 Å². The molecule has 134 valence electrons. The van der Waals surface area contributed by atoms with Crippen LogP contribution in [0.2, 0.25) is 0 Å². The first-order valence-corrected chi connectivity index (χ1v) is 9.98. The summed E-state index contributed by atoms with van der Waals surface area (Å²) >= 11 is 0. The van der Waals surface area contributed by atoms with E-state index >= 15 is 0 Å². The molecule has 0 spiro atoms. The molecule has 1 atom stereocenters. The Bertz CT molecular complexity index is 682. The zero-order valence-electron chi connectivity index (χ0n) is 14.2. The van der Waals surface area contributed by atoms with Gasteiger partial charge in [0.15, 0.2) is 0 Å². The van der Waals surface area contributed by atoms with E-state index in [-0.39, 0.29) is 22.5 Å². The van der Waals surface area contributed by atoms with Crippen LogP contribution in [-0.2, 0) is 10.0 Å². The first-order chi connectivity index (χ1) is 11.3. The molecule has 7 heteroatoms. The third-order valence-electron chi connectivity index (χ3n) is 4.33. The lowest BCUT2D eigenvalue weighted by atomic mass is 10.1. The van der Waals surface area contributed by atoms with Crippen molar-refractivity contribution >= 4 is 21.7 Å². The minimum Gasteiger partial charge on any atom is -0.478 e. The van der Waals surface area contributed by atoms with Crippen molar-refractivity contribution in [2.24, 2.45) is 0 Å². The number of carboxylic acid groups (broad SMARTS) is 1. The summed E-state index contributed by atoms with van der Waals surface area (Å²) in [5.41, 5.74) is 0.426. The lowest BCUT2D eigenvalue weighted by Gasteiger charge is -2.18. The van der Waals surface area contributed by atoms with Gasteiger partial charge in [0.1, 0.15) is 0 Å². The van der Waals surface area contributed by atoms with E-state index in [0.717, 1.165) is 38.5 Å². The summed E-state index contributed by atoms with van der Waals surface area (Å²) in [5, 5.41) is 12.6. The molecule has 1 aliphatic rings. The monoisotopic (exact) mass is 354 g/mol. The zero-order chi connectivity index (χ0) is 17.7. The van der Waals surface area contributed by atoms with Crippen LogP contribution in [0.25, 0.3) is 0 Å². The molecular formula is C17H26N2O4S. The standard InChI is InChI=1S/C17H26N2O4S/c1-3-6-12(2)18-16-10-9-14(11-15(16)17(20)21)24(22,23)19-13-7-4-5-8-13/h9-13,18-19H,3-8H2,1-2H3,(H,20,21)/t12-/m0/s1. The second-order valence-electron chi connectivity index (χ2n) is 6.45. The maximum absolute atomic E-state index is 12.5. The SMILES string of the molecule is CCC[C@H](C)Nc1ccc(S(=O)(=O)NC2CCCC2)cc1C(=O)O. The van der Waals surface area contributed by atoms with Crippen LogP contribution in [0.15, 0.2) is 23.1 Å². The number of aromatic carboxylic acids is 1. The van der Waals surface area contributed by atoms with Gasteiger partial charge in [0.2, 0.25) is 10.0 Å². The second-order valence-corrected chi connectivity index (χ2v) is 8.16. The lowest BCUT2D eigenvalue weighted by molar-refractivity contribution is 0.0697. The first kappa shape index (κ1) is 18.7. The maximum atomic E-state index is 12.5. The molecule has 1 aliphatic carbocycles. The van der Waals surface area contributed by atoms with Crippen molar-refractivity contribution in [2.75, 3.05) is 5.32 Å². The molecule has 24 heavy (non-hydrogen) atoms. The Labute approximate surface area is 143 Å². The van der Waals surface area contributed by atoms with Crippen LogP contribution in [0.1, 0.15) is 62.7 Å². The molecule has 1 aromatic carbocycles. The molecule has 2 rings (SSSR count). The van der Waals surface area contributed by atoms with Gasteiger partial charge in [-0.15, -0.1) is 0 Å². The lowest BCUT2D eigenvalue weighted by Crippen LogP contribution is -2.32. The van der Waals surface area contributed by atoms with E-state index in [9.17, 15) is 18.3 Å². The highest BCUT2D eigenvalue weighted by atomic mass is 32.2. The van der Waals surface area contributed by atoms with E-state index < -0.39 is 16.0 Å². The molecule has 0 unspecified atom stereocenters. The smallest absolute Gasteiger partial charge is 0.337 e. The van der Waals surface area contributed by atoms with Crippen LogP contribution < -0.4 is 10.0 Å². The summed E-state index contributed by atoms with van der Waals surface area (Å²) in [6.45, 7) is 4.03. The highest BCUT2D eigenvalue weighted by Crippen LogP contribution is 2.24. The molecule has 0 aromatic heterocycles. The largest absolute Gasteiger partial charge is 0.478 e. The van der Waals surface area contributed by atoms with E-state index in [1.807, 2.05) is 6.92 Å². The van der Waals surface area contributed by atoms with Gasteiger partial charge in [-0.2, -0.15) is 0 Å². The molecule has 6 nitrogen and oxygen atoms in total. The molecule has 1 fully saturated rings. The Kier molecular flexibility index (Phi) is 6.23. The van der Waals surface area contributed by atoms with Crippen molar-refractivity contribution < 1.29 is 18.3 Å². The molecule has 0 saturated heterocycles. The Morgan fingerprint density at radius 3 is 2.58 bits per heavy atom. The predicted molar refractivity (Wildman–Crippen MR) is 94.0 cm³/mol. The zero-order valence-corrected chi connectivity index (χ0v) is 15.0. The Hall–Kier alpha value is -1.60. The number of rotatable bonds is 8. The van der Waals surface area contributed by atoms with E-state index in [2.05, 4.69) is 17.0 Å². The third-order valence-corrected chi connectivity index (χ3v) is 5.85. The number of carbonyl (C=O) groups is 1. The quantitative estimate of drug-likeness (QED) is 0.666. The normalized spacial score (nSPS) is 16.9. The van der Waals surface area contributed by atoms with E-state index in [4.69, 9.17) is 0 Å². The maximum Gasteiger partial charge on any atom is 0.337 e. The van der Waals surface area contributed by atoms with Gasteiger partial charge in [0.05, 0.1) is 10.5 Å². The van der Waals surface area contributed by atoms with Gasteiger partial charge in [-0.3, -0.25) is 0 Å². The number of hydrogen-bond acceptors (Lipinski definition) is 4. The molecule has 0 bridgehead atoms. The molecule has 1 saturated carbocycles. The fourth-order valence-corrected chi connectivity index (χ4v) is 4.43. The van der Waals surface area contributed by atoms with Crippen LogP contribution in [0.4, 0.5) is 5.69 Å². The molecule has 0 radical (unpaired) electrons. The summed E-state index contributed by atoms with van der Waals surface area (Å²) in [7, 11) is -3.70. The average Bonchev–Trinajstić information content (AvgIpc) is 2.99. The van der Waals surface area contributed by atoms with Crippen LogP contribution in [0, 0.1) is 0 Å². The van der Waals surface area contributed by atoms with Gasteiger partial charge in [-0.05, 0) is 44.4 Å². The second kappa shape index (κ2) is 7.98. The van der Waals surface area contributed by atoms with Gasteiger partial charge in [-0.25, -0.2) is 17.9 Å². The summed E-state index contributed by atoms with van der Waals surface area (Å²) in [5.74, 6) is -1.14. The van der Waals surface area contributed by atoms with Crippen LogP contribution in [0.5, 0.6) is 0 Å². The van der Waals surface area contributed by atoms with Crippen molar-refractivity contribution in [3.8, 4) is 0 Å². The molecule has 0 aliphatic heterocycles. The highest BCUT2D eigenvalue weighted by molar-refractivity contribution is 7.89. The minimum atomic E-state index is -3.70. The number of benzene rings is 1. The Balaban J connectivity index is 2.25. The fraction of sp³-hybridized carbons (Fsp3) is 0.588. The van der Waals surface area contributed by atoms with Gasteiger partial charge >= 0.3 is 5.97 Å². The van der Waals surface area contributed by atoms with Crippen molar-refractivity contribution in [3.05, 3.63) is 23.8 Å².